The van der Waals surface area contributed by atoms with Crippen LogP contribution in [0.4, 0.5) is 5.00 Å². The first-order valence-electron chi connectivity index (χ1n) is 10.6. The van der Waals surface area contributed by atoms with Crippen molar-refractivity contribution in [2.24, 2.45) is 0 Å². The first-order chi connectivity index (χ1) is 15.6. The summed E-state index contributed by atoms with van der Waals surface area (Å²) in [6, 6.07) is 17.9. The number of hydrogen-bond acceptors (Lipinski definition) is 6. The van der Waals surface area contributed by atoms with E-state index in [1.165, 1.54) is 16.9 Å². The average Bonchev–Trinajstić information content (AvgIpc) is 3.17. The van der Waals surface area contributed by atoms with Crippen molar-refractivity contribution in [1.82, 2.24) is 4.90 Å². The van der Waals surface area contributed by atoms with Crippen LogP contribution in [0, 0.1) is 0 Å². The van der Waals surface area contributed by atoms with Gasteiger partial charge in [0.05, 0.1) is 12.2 Å². The summed E-state index contributed by atoms with van der Waals surface area (Å²) in [5, 5.41) is 3.57. The summed E-state index contributed by atoms with van der Waals surface area (Å²) < 4.78 is 5.34. The van der Waals surface area contributed by atoms with Crippen LogP contribution < -0.4 is 5.32 Å². The van der Waals surface area contributed by atoms with E-state index in [2.05, 4.69) is 22.3 Å². The Bertz CT molecular complexity index is 1120. The molecule has 0 radical (unpaired) electrons. The predicted molar refractivity (Wildman–Crippen MR) is 138 cm³/mol. The molecule has 0 atom stereocenters. The molecule has 2 aromatic carbocycles. The number of ether oxygens (including phenoxy) is 1. The quantitative estimate of drug-likeness (QED) is 0.323. The van der Waals surface area contributed by atoms with Crippen LogP contribution >= 0.6 is 35.5 Å². The number of anilines is 1. The van der Waals surface area contributed by atoms with E-state index in [1.807, 2.05) is 42.7 Å². The first kappa shape index (κ1) is 25.3. The van der Waals surface area contributed by atoms with Crippen LogP contribution in [0.5, 0.6) is 0 Å². The number of benzene rings is 2. The summed E-state index contributed by atoms with van der Waals surface area (Å²) in [5.74, 6) is -0.583. The van der Waals surface area contributed by atoms with Gasteiger partial charge in [0.15, 0.2) is 0 Å². The minimum absolute atomic E-state index is 0. The molecular weight excluding hydrogens is 476 g/mol. The van der Waals surface area contributed by atoms with Gasteiger partial charge in [-0.15, -0.1) is 35.5 Å². The molecule has 8 heteroatoms. The minimum atomic E-state index is -0.366. The number of amides is 1. The molecule has 0 saturated heterocycles. The molecule has 1 N–H and O–H groups in total. The molecule has 0 unspecified atom stereocenters. The van der Waals surface area contributed by atoms with Gasteiger partial charge in [0, 0.05) is 35.0 Å². The maximum atomic E-state index is 13.0. The Balaban J connectivity index is 0.00000306. The topological polar surface area (TPSA) is 58.6 Å². The number of nitrogens with one attached hydrogen (secondary N) is 1. The Hall–Kier alpha value is -2.32. The van der Waals surface area contributed by atoms with Gasteiger partial charge in [0.1, 0.15) is 5.00 Å². The highest BCUT2D eigenvalue weighted by Crippen LogP contribution is 2.38. The van der Waals surface area contributed by atoms with Gasteiger partial charge in [-0.1, -0.05) is 36.4 Å². The highest BCUT2D eigenvalue weighted by atomic mass is 35.5. The maximum Gasteiger partial charge on any atom is 0.341 e. The van der Waals surface area contributed by atoms with Crippen LogP contribution in [0.1, 0.15) is 43.6 Å². The van der Waals surface area contributed by atoms with Gasteiger partial charge in [-0.25, -0.2) is 4.79 Å². The first-order valence-corrected chi connectivity index (χ1v) is 12.7. The van der Waals surface area contributed by atoms with Crippen LogP contribution in [0.25, 0.3) is 0 Å². The smallest absolute Gasteiger partial charge is 0.341 e. The number of thiophene rings is 1. The molecule has 2 heterocycles. The van der Waals surface area contributed by atoms with Crippen molar-refractivity contribution in [3.8, 4) is 0 Å². The second kappa shape index (κ2) is 11.7. The van der Waals surface area contributed by atoms with Crippen molar-refractivity contribution in [3.05, 3.63) is 81.7 Å². The summed E-state index contributed by atoms with van der Waals surface area (Å²) in [4.78, 5) is 30.3. The van der Waals surface area contributed by atoms with Gasteiger partial charge < -0.3 is 10.1 Å². The van der Waals surface area contributed by atoms with Crippen LogP contribution in [0.2, 0.25) is 0 Å². The fourth-order valence-corrected chi connectivity index (χ4v) is 5.61. The van der Waals surface area contributed by atoms with Crippen molar-refractivity contribution >= 4 is 52.4 Å². The highest BCUT2D eigenvalue weighted by Gasteiger charge is 2.29. The number of carbonyl (C=O) groups excluding carboxylic acids is 2. The molecule has 0 spiro atoms. The number of rotatable bonds is 7. The summed E-state index contributed by atoms with van der Waals surface area (Å²) in [5.41, 5.74) is 3.36. The SMILES string of the molecule is CCOC(=O)c1c(NC(=O)c2cccc(SC)c2)sc2c1CCN(Cc1ccccc1)C2.Cl. The normalized spacial score (nSPS) is 13.0. The van der Waals surface area contributed by atoms with E-state index in [4.69, 9.17) is 4.74 Å². The van der Waals surface area contributed by atoms with E-state index in [1.54, 1.807) is 24.8 Å². The molecule has 0 fully saturated rings. The van der Waals surface area contributed by atoms with Crippen molar-refractivity contribution in [2.45, 2.75) is 31.3 Å². The summed E-state index contributed by atoms with van der Waals surface area (Å²) >= 11 is 3.07. The zero-order valence-electron chi connectivity index (χ0n) is 18.6. The van der Waals surface area contributed by atoms with Gasteiger partial charge in [0.2, 0.25) is 0 Å². The lowest BCUT2D eigenvalue weighted by molar-refractivity contribution is 0.0526. The van der Waals surface area contributed by atoms with Crippen molar-refractivity contribution in [3.63, 3.8) is 0 Å². The number of thioether (sulfide) groups is 1. The highest BCUT2D eigenvalue weighted by molar-refractivity contribution is 7.98. The molecule has 1 aliphatic heterocycles. The second-order valence-corrected chi connectivity index (χ2v) is 9.55. The third-order valence-electron chi connectivity index (χ3n) is 5.42. The maximum absolute atomic E-state index is 13.0. The Labute approximate surface area is 208 Å². The van der Waals surface area contributed by atoms with E-state index < -0.39 is 0 Å². The van der Waals surface area contributed by atoms with Crippen LogP contribution in [0.3, 0.4) is 0 Å². The number of fused-ring (bicyclic) bond motifs is 1. The largest absolute Gasteiger partial charge is 0.462 e. The molecule has 3 aromatic rings. The lowest BCUT2D eigenvalue weighted by Gasteiger charge is -2.27. The molecule has 0 bridgehead atoms. The van der Waals surface area contributed by atoms with E-state index >= 15 is 0 Å². The van der Waals surface area contributed by atoms with Gasteiger partial charge in [-0.2, -0.15) is 0 Å². The molecular formula is C25H27ClN2O3S2. The number of halogens is 1. The van der Waals surface area contributed by atoms with E-state index in [0.29, 0.717) is 22.7 Å². The molecule has 5 nitrogen and oxygen atoms in total. The predicted octanol–water partition coefficient (Wildman–Crippen LogP) is 5.88. The van der Waals surface area contributed by atoms with Crippen molar-refractivity contribution in [1.29, 1.82) is 0 Å². The zero-order valence-corrected chi connectivity index (χ0v) is 21.1. The molecule has 1 amide bonds. The Kier molecular flexibility index (Phi) is 8.97. The van der Waals surface area contributed by atoms with E-state index in [9.17, 15) is 9.59 Å². The van der Waals surface area contributed by atoms with Crippen molar-refractivity contribution < 1.29 is 14.3 Å². The van der Waals surface area contributed by atoms with Crippen LogP contribution in [0.15, 0.2) is 59.5 Å². The molecule has 1 aliphatic rings. The molecule has 1 aromatic heterocycles. The Morgan fingerprint density at radius 2 is 1.94 bits per heavy atom. The van der Waals surface area contributed by atoms with Gasteiger partial charge in [-0.3, -0.25) is 9.69 Å². The molecule has 0 saturated carbocycles. The summed E-state index contributed by atoms with van der Waals surface area (Å²) in [7, 11) is 0. The number of nitrogens with zero attached hydrogens (tertiary/aromatic N) is 1. The summed E-state index contributed by atoms with van der Waals surface area (Å²) in [6.45, 7) is 4.56. The van der Waals surface area contributed by atoms with Gasteiger partial charge >= 0.3 is 5.97 Å². The Morgan fingerprint density at radius 3 is 2.67 bits per heavy atom. The fourth-order valence-electron chi connectivity index (χ4n) is 3.88. The lowest BCUT2D eigenvalue weighted by Crippen LogP contribution is -2.29. The van der Waals surface area contributed by atoms with Crippen LogP contribution in [-0.2, 0) is 24.2 Å². The molecule has 174 valence electrons. The third-order valence-corrected chi connectivity index (χ3v) is 7.28. The number of esters is 1. The van der Waals surface area contributed by atoms with Crippen LogP contribution in [-0.4, -0.2) is 36.2 Å². The lowest BCUT2D eigenvalue weighted by atomic mass is 10.0. The summed E-state index contributed by atoms with van der Waals surface area (Å²) in [6.07, 6.45) is 2.73. The van der Waals surface area contributed by atoms with Crippen molar-refractivity contribution in [2.75, 3.05) is 24.7 Å². The average molecular weight is 503 g/mol. The van der Waals surface area contributed by atoms with Gasteiger partial charge in [-0.05, 0) is 48.9 Å². The fraction of sp³-hybridized carbons (Fsp3) is 0.280. The molecule has 33 heavy (non-hydrogen) atoms. The Morgan fingerprint density at radius 1 is 1.15 bits per heavy atom. The van der Waals surface area contributed by atoms with Gasteiger partial charge in [0.25, 0.3) is 5.91 Å². The molecule has 0 aliphatic carbocycles. The molecule has 4 rings (SSSR count). The third kappa shape index (κ3) is 5.98. The zero-order chi connectivity index (χ0) is 22.5. The standard InChI is InChI=1S/C25H26N2O3S2.ClH/c1-3-30-25(29)22-20-12-13-27(15-17-8-5-4-6-9-17)16-21(20)32-24(22)26-23(28)18-10-7-11-19(14-18)31-2;/h4-11,14H,3,12-13,15-16H2,1-2H3,(H,26,28);1H. The second-order valence-electron chi connectivity index (χ2n) is 7.56. The van der Waals surface area contributed by atoms with E-state index in [0.717, 1.165) is 41.4 Å². The monoisotopic (exact) mass is 502 g/mol. The minimum Gasteiger partial charge on any atom is -0.462 e. The number of hydrogen-bond donors (Lipinski definition) is 1. The number of carbonyl (C=O) groups is 2. The van der Waals surface area contributed by atoms with E-state index in [-0.39, 0.29) is 24.3 Å².